The van der Waals surface area contributed by atoms with Crippen molar-refractivity contribution in [3.8, 4) is 0 Å². The summed E-state index contributed by atoms with van der Waals surface area (Å²) in [5.74, 6) is 0.678. The molecule has 1 amide bonds. The number of carbonyl (C=O) groups is 1. The number of benzene rings is 1. The SMILES string of the molecule is CN(C)c1ncc(CNC2Cc3ccccc3NC2=O)cn1. The minimum atomic E-state index is -0.233. The number of hydrogen-bond donors (Lipinski definition) is 2. The summed E-state index contributed by atoms with van der Waals surface area (Å²) >= 11 is 0. The number of carbonyl (C=O) groups excluding carboxylic acids is 1. The Labute approximate surface area is 129 Å². The highest BCUT2D eigenvalue weighted by molar-refractivity contribution is 5.97. The van der Waals surface area contributed by atoms with Crippen LogP contribution < -0.4 is 15.5 Å². The summed E-state index contributed by atoms with van der Waals surface area (Å²) in [6, 6.07) is 7.65. The first kappa shape index (κ1) is 14.5. The standard InChI is InChI=1S/C16H19N5O/c1-21(2)16-18-9-11(10-19-16)8-17-14-7-12-5-3-4-6-13(12)20-15(14)22/h3-6,9-10,14,17H,7-8H2,1-2H3,(H,20,22). The zero-order valence-electron chi connectivity index (χ0n) is 12.7. The molecule has 0 aliphatic carbocycles. The third-order valence-electron chi connectivity index (χ3n) is 3.66. The predicted molar refractivity (Wildman–Crippen MR) is 85.8 cm³/mol. The van der Waals surface area contributed by atoms with Gasteiger partial charge in [-0.15, -0.1) is 0 Å². The molecule has 6 heteroatoms. The lowest BCUT2D eigenvalue weighted by atomic mass is 9.99. The van der Waals surface area contributed by atoms with E-state index in [1.54, 1.807) is 12.4 Å². The fourth-order valence-electron chi connectivity index (χ4n) is 2.43. The van der Waals surface area contributed by atoms with Crippen LogP contribution in [0.25, 0.3) is 0 Å². The van der Waals surface area contributed by atoms with Crippen LogP contribution in [0, 0.1) is 0 Å². The molecule has 3 rings (SSSR count). The molecule has 1 aromatic heterocycles. The van der Waals surface area contributed by atoms with Gasteiger partial charge >= 0.3 is 0 Å². The predicted octanol–water partition coefficient (Wildman–Crippen LogP) is 1.20. The third-order valence-corrected chi connectivity index (χ3v) is 3.66. The van der Waals surface area contributed by atoms with E-state index < -0.39 is 0 Å². The van der Waals surface area contributed by atoms with Crippen LogP contribution in [0.2, 0.25) is 0 Å². The molecule has 2 N–H and O–H groups in total. The Balaban J connectivity index is 1.63. The molecule has 6 nitrogen and oxygen atoms in total. The van der Waals surface area contributed by atoms with Crippen molar-refractivity contribution >= 4 is 17.5 Å². The first-order valence-electron chi connectivity index (χ1n) is 7.24. The maximum Gasteiger partial charge on any atom is 0.241 e. The first-order chi connectivity index (χ1) is 10.6. The first-order valence-corrected chi connectivity index (χ1v) is 7.24. The Morgan fingerprint density at radius 1 is 1.27 bits per heavy atom. The van der Waals surface area contributed by atoms with E-state index in [0.717, 1.165) is 16.8 Å². The van der Waals surface area contributed by atoms with Crippen LogP contribution in [0.1, 0.15) is 11.1 Å². The minimum Gasteiger partial charge on any atom is -0.347 e. The summed E-state index contributed by atoms with van der Waals surface area (Å²) in [6.45, 7) is 0.563. The number of rotatable bonds is 4. The van der Waals surface area contributed by atoms with E-state index in [4.69, 9.17) is 0 Å². The van der Waals surface area contributed by atoms with E-state index in [2.05, 4.69) is 20.6 Å². The van der Waals surface area contributed by atoms with Gasteiger partial charge in [-0.25, -0.2) is 9.97 Å². The molecule has 1 aliphatic heterocycles. The van der Waals surface area contributed by atoms with Crippen molar-refractivity contribution < 1.29 is 4.79 Å². The van der Waals surface area contributed by atoms with Crippen LogP contribution in [0.4, 0.5) is 11.6 Å². The lowest BCUT2D eigenvalue weighted by Gasteiger charge is -2.25. The monoisotopic (exact) mass is 297 g/mol. The Bertz CT molecular complexity index is 668. The van der Waals surface area contributed by atoms with Crippen molar-refractivity contribution in [1.82, 2.24) is 15.3 Å². The summed E-state index contributed by atoms with van der Waals surface area (Å²) in [6.07, 6.45) is 4.26. The van der Waals surface area contributed by atoms with Gasteiger partial charge in [-0.1, -0.05) is 18.2 Å². The van der Waals surface area contributed by atoms with E-state index in [1.165, 1.54) is 0 Å². The number of fused-ring (bicyclic) bond motifs is 1. The third kappa shape index (κ3) is 3.07. The molecule has 114 valence electrons. The maximum absolute atomic E-state index is 12.1. The summed E-state index contributed by atoms with van der Waals surface area (Å²) in [5, 5.41) is 6.20. The second kappa shape index (κ2) is 6.11. The number of anilines is 2. The van der Waals surface area contributed by atoms with Gasteiger partial charge in [-0.2, -0.15) is 0 Å². The Hall–Kier alpha value is -2.47. The average Bonchev–Trinajstić information content (AvgIpc) is 2.53. The normalized spacial score (nSPS) is 16.8. The molecule has 0 radical (unpaired) electrons. The van der Waals surface area contributed by atoms with Crippen LogP contribution in [0.3, 0.4) is 0 Å². The summed E-state index contributed by atoms with van der Waals surface area (Å²) in [4.78, 5) is 22.5. The zero-order valence-corrected chi connectivity index (χ0v) is 12.7. The zero-order chi connectivity index (χ0) is 15.5. The molecule has 1 aliphatic rings. The van der Waals surface area contributed by atoms with Crippen LogP contribution in [0.5, 0.6) is 0 Å². The number of amides is 1. The van der Waals surface area contributed by atoms with Crippen LogP contribution >= 0.6 is 0 Å². The molecule has 2 heterocycles. The van der Waals surface area contributed by atoms with Crippen LogP contribution in [0.15, 0.2) is 36.7 Å². The highest BCUT2D eigenvalue weighted by atomic mass is 16.2. The van der Waals surface area contributed by atoms with Crippen molar-refractivity contribution in [2.75, 3.05) is 24.3 Å². The van der Waals surface area contributed by atoms with Gasteiger partial charge in [0.25, 0.3) is 0 Å². The molecule has 0 fully saturated rings. The highest BCUT2D eigenvalue weighted by Crippen LogP contribution is 2.21. The quantitative estimate of drug-likeness (QED) is 0.887. The van der Waals surface area contributed by atoms with Crippen molar-refractivity contribution in [2.24, 2.45) is 0 Å². The second-order valence-electron chi connectivity index (χ2n) is 5.57. The lowest BCUT2D eigenvalue weighted by molar-refractivity contribution is -0.118. The second-order valence-corrected chi connectivity index (χ2v) is 5.57. The van der Waals surface area contributed by atoms with Crippen LogP contribution in [-0.2, 0) is 17.8 Å². The molecule has 0 bridgehead atoms. The number of para-hydroxylation sites is 1. The Morgan fingerprint density at radius 3 is 2.73 bits per heavy atom. The molecule has 2 aromatic rings. The maximum atomic E-state index is 12.1. The molecule has 0 spiro atoms. The minimum absolute atomic E-state index is 0.00419. The van der Waals surface area contributed by atoms with E-state index in [1.807, 2.05) is 43.3 Å². The van der Waals surface area contributed by atoms with Crippen molar-refractivity contribution in [1.29, 1.82) is 0 Å². The lowest BCUT2D eigenvalue weighted by Crippen LogP contribution is -2.44. The Morgan fingerprint density at radius 2 is 2.00 bits per heavy atom. The molecule has 1 unspecified atom stereocenters. The molecular weight excluding hydrogens is 278 g/mol. The molecule has 0 saturated carbocycles. The van der Waals surface area contributed by atoms with E-state index in [0.29, 0.717) is 18.9 Å². The highest BCUT2D eigenvalue weighted by Gasteiger charge is 2.25. The molecule has 22 heavy (non-hydrogen) atoms. The van der Waals surface area contributed by atoms with E-state index in [9.17, 15) is 4.79 Å². The number of aromatic nitrogens is 2. The fourth-order valence-corrected chi connectivity index (χ4v) is 2.43. The van der Waals surface area contributed by atoms with Gasteiger partial charge in [-0.3, -0.25) is 4.79 Å². The van der Waals surface area contributed by atoms with Crippen molar-refractivity contribution in [2.45, 2.75) is 19.0 Å². The van der Waals surface area contributed by atoms with Crippen molar-refractivity contribution in [3.05, 3.63) is 47.8 Å². The summed E-state index contributed by atoms with van der Waals surface area (Å²) in [7, 11) is 3.80. The van der Waals surface area contributed by atoms with E-state index >= 15 is 0 Å². The van der Waals surface area contributed by atoms with Crippen molar-refractivity contribution in [3.63, 3.8) is 0 Å². The van der Waals surface area contributed by atoms with Gasteiger partial charge in [0.05, 0.1) is 6.04 Å². The molecular formula is C16H19N5O. The van der Waals surface area contributed by atoms with Gasteiger partial charge in [0, 0.05) is 44.3 Å². The summed E-state index contributed by atoms with van der Waals surface area (Å²) in [5.41, 5.74) is 3.01. The van der Waals surface area contributed by atoms with E-state index in [-0.39, 0.29) is 11.9 Å². The van der Waals surface area contributed by atoms with Gasteiger partial charge in [0.2, 0.25) is 11.9 Å². The molecule has 1 aromatic carbocycles. The summed E-state index contributed by atoms with van der Waals surface area (Å²) < 4.78 is 0. The number of hydrogen-bond acceptors (Lipinski definition) is 5. The molecule has 1 atom stereocenters. The van der Waals surface area contributed by atoms with Gasteiger partial charge in [-0.05, 0) is 18.1 Å². The van der Waals surface area contributed by atoms with Gasteiger partial charge in [0.1, 0.15) is 0 Å². The smallest absolute Gasteiger partial charge is 0.241 e. The largest absolute Gasteiger partial charge is 0.347 e. The van der Waals surface area contributed by atoms with Gasteiger partial charge in [0.15, 0.2) is 0 Å². The van der Waals surface area contributed by atoms with Gasteiger partial charge < -0.3 is 15.5 Å². The Kier molecular flexibility index (Phi) is 4.02. The fraction of sp³-hybridized carbons (Fsp3) is 0.312. The number of nitrogens with zero attached hydrogens (tertiary/aromatic N) is 3. The number of nitrogens with one attached hydrogen (secondary N) is 2. The average molecular weight is 297 g/mol. The topological polar surface area (TPSA) is 70.2 Å². The van der Waals surface area contributed by atoms with Crippen LogP contribution in [-0.4, -0.2) is 36.0 Å². The molecule has 0 saturated heterocycles.